The molecule has 1 heterocycles. The molecular weight excluding hydrogens is 385 g/mol. The molecule has 0 aliphatic carbocycles. The maximum Gasteiger partial charge on any atom is 0.417 e. The Bertz CT molecular complexity index is 1100. The molecule has 3 aromatic rings. The van der Waals surface area contributed by atoms with Crippen molar-refractivity contribution in [1.29, 1.82) is 0 Å². The average molecular weight is 393 g/mol. The highest BCUT2D eigenvalue weighted by atomic mass is 35.5. The molecule has 0 amide bonds. The van der Waals surface area contributed by atoms with Gasteiger partial charge < -0.3 is 4.42 Å². The number of halogens is 4. The summed E-state index contributed by atoms with van der Waals surface area (Å²) in [5.41, 5.74) is -0.811. The van der Waals surface area contributed by atoms with Crippen molar-refractivity contribution >= 4 is 38.4 Å². The molecule has 0 atom stereocenters. The summed E-state index contributed by atoms with van der Waals surface area (Å²) in [6, 6.07) is 5.68. The van der Waals surface area contributed by atoms with Gasteiger partial charge in [-0.05, 0) is 30.3 Å². The summed E-state index contributed by atoms with van der Waals surface area (Å²) >= 11 is 5.92. The number of hydrogen-bond donors (Lipinski definition) is 2. The first-order valence-corrected chi connectivity index (χ1v) is 8.45. The van der Waals surface area contributed by atoms with Crippen molar-refractivity contribution in [3.8, 4) is 0 Å². The average Bonchev–Trinajstić information content (AvgIpc) is 2.84. The van der Waals surface area contributed by atoms with Crippen LogP contribution in [0.25, 0.3) is 11.1 Å². The quantitative estimate of drug-likeness (QED) is 0.712. The van der Waals surface area contributed by atoms with E-state index in [4.69, 9.17) is 16.0 Å². The van der Waals surface area contributed by atoms with Gasteiger partial charge in [0, 0.05) is 11.8 Å². The summed E-state index contributed by atoms with van der Waals surface area (Å²) in [4.78, 5) is 13.1. The monoisotopic (exact) mass is 392 g/mol. The summed E-state index contributed by atoms with van der Waals surface area (Å²) in [6.07, 6.45) is -4.53. The molecule has 11 heteroatoms. The summed E-state index contributed by atoms with van der Waals surface area (Å²) in [7, 11) is -4.21. The van der Waals surface area contributed by atoms with Gasteiger partial charge in [0.15, 0.2) is 5.58 Å². The number of aromatic nitrogens is 1. The highest BCUT2D eigenvalue weighted by molar-refractivity contribution is 7.92. The van der Waals surface area contributed by atoms with Crippen LogP contribution in [0, 0.1) is 0 Å². The highest BCUT2D eigenvalue weighted by Gasteiger charge is 2.30. The maximum absolute atomic E-state index is 12.5. The zero-order valence-corrected chi connectivity index (χ0v) is 13.6. The van der Waals surface area contributed by atoms with E-state index in [0.717, 1.165) is 30.3 Å². The van der Waals surface area contributed by atoms with Crippen molar-refractivity contribution in [1.82, 2.24) is 4.98 Å². The van der Waals surface area contributed by atoms with E-state index in [-0.39, 0.29) is 26.7 Å². The highest BCUT2D eigenvalue weighted by Crippen LogP contribution is 2.31. The molecule has 0 saturated heterocycles. The minimum atomic E-state index is -4.53. The Labute approximate surface area is 143 Å². The first-order valence-electron chi connectivity index (χ1n) is 6.59. The second-order valence-corrected chi connectivity index (χ2v) is 7.03. The molecule has 0 aliphatic heterocycles. The number of aromatic amines is 1. The van der Waals surface area contributed by atoms with Gasteiger partial charge in [-0.25, -0.2) is 13.2 Å². The number of oxazole rings is 1. The molecule has 0 spiro atoms. The normalized spacial score (nSPS) is 12.5. The Morgan fingerprint density at radius 2 is 1.76 bits per heavy atom. The molecule has 2 N–H and O–H groups in total. The molecule has 2 aromatic carbocycles. The third-order valence-electron chi connectivity index (χ3n) is 3.23. The van der Waals surface area contributed by atoms with Crippen molar-refractivity contribution in [2.75, 3.05) is 4.72 Å². The van der Waals surface area contributed by atoms with Crippen LogP contribution in [0.3, 0.4) is 0 Å². The van der Waals surface area contributed by atoms with Gasteiger partial charge in [0.05, 0.1) is 16.1 Å². The Balaban J connectivity index is 1.96. The number of benzene rings is 2. The summed E-state index contributed by atoms with van der Waals surface area (Å²) < 4.78 is 69.3. The molecule has 0 fully saturated rings. The van der Waals surface area contributed by atoms with Crippen LogP contribution in [0.2, 0.25) is 5.02 Å². The van der Waals surface area contributed by atoms with Gasteiger partial charge in [-0.15, -0.1) is 0 Å². The fourth-order valence-electron chi connectivity index (χ4n) is 2.10. The lowest BCUT2D eigenvalue weighted by atomic mass is 10.2. The van der Waals surface area contributed by atoms with Gasteiger partial charge in [-0.3, -0.25) is 9.71 Å². The van der Waals surface area contributed by atoms with Crippen LogP contribution in [-0.4, -0.2) is 13.4 Å². The van der Waals surface area contributed by atoms with Crippen LogP contribution in [0.5, 0.6) is 0 Å². The number of sulfonamides is 1. The van der Waals surface area contributed by atoms with E-state index in [1.165, 1.54) is 6.07 Å². The van der Waals surface area contributed by atoms with Gasteiger partial charge >= 0.3 is 11.9 Å². The summed E-state index contributed by atoms with van der Waals surface area (Å²) in [6.45, 7) is 0. The first kappa shape index (κ1) is 17.4. The zero-order chi connectivity index (χ0) is 18.4. The molecule has 132 valence electrons. The van der Waals surface area contributed by atoms with Gasteiger partial charge in [0.1, 0.15) is 4.90 Å². The second-order valence-electron chi connectivity index (χ2n) is 4.97. The largest absolute Gasteiger partial charge is 0.417 e. The SMILES string of the molecule is O=c1[nH]c2cc(Cl)c(S(=O)(=O)Nc3ccc(C(F)(F)F)cc3)cc2o1. The fraction of sp³-hybridized carbons (Fsp3) is 0.0714. The molecule has 1 aromatic heterocycles. The molecule has 6 nitrogen and oxygen atoms in total. The lowest BCUT2D eigenvalue weighted by molar-refractivity contribution is -0.137. The van der Waals surface area contributed by atoms with Crippen molar-refractivity contribution in [2.24, 2.45) is 0 Å². The molecule has 0 saturated carbocycles. The number of alkyl halides is 3. The summed E-state index contributed by atoms with van der Waals surface area (Å²) in [5, 5.41) is -0.191. The molecule has 0 radical (unpaired) electrons. The van der Waals surface area contributed by atoms with E-state index in [9.17, 15) is 26.4 Å². The molecule has 0 unspecified atom stereocenters. The van der Waals surface area contributed by atoms with E-state index in [2.05, 4.69) is 9.71 Å². The first-order chi connectivity index (χ1) is 11.6. The fourth-order valence-corrected chi connectivity index (χ4v) is 3.70. The standard InChI is InChI=1S/C14H8ClF3N2O4S/c15-9-5-10-11(24-13(21)19-10)6-12(9)25(22,23)20-8-3-1-7(2-4-8)14(16,17)18/h1-6,20H,(H,19,21). The lowest BCUT2D eigenvalue weighted by Gasteiger charge is -2.11. The minimum absolute atomic E-state index is 0.0257. The van der Waals surface area contributed by atoms with E-state index < -0.39 is 27.5 Å². The van der Waals surface area contributed by atoms with Gasteiger partial charge in [-0.1, -0.05) is 11.6 Å². The van der Waals surface area contributed by atoms with Gasteiger partial charge in [0.25, 0.3) is 10.0 Å². The Morgan fingerprint density at radius 3 is 2.36 bits per heavy atom. The number of nitrogens with one attached hydrogen (secondary N) is 2. The predicted octanol–water partition coefficient (Wildman–Crippen LogP) is 3.59. The minimum Gasteiger partial charge on any atom is -0.408 e. The van der Waals surface area contributed by atoms with Gasteiger partial charge in [-0.2, -0.15) is 13.2 Å². The van der Waals surface area contributed by atoms with E-state index in [0.29, 0.717) is 0 Å². The molecule has 25 heavy (non-hydrogen) atoms. The number of rotatable bonds is 3. The van der Waals surface area contributed by atoms with Crippen molar-refractivity contribution in [3.05, 3.63) is 57.5 Å². The number of H-pyrrole nitrogens is 1. The van der Waals surface area contributed by atoms with Crippen LogP contribution in [-0.2, 0) is 16.2 Å². The third-order valence-corrected chi connectivity index (χ3v) is 5.07. The van der Waals surface area contributed by atoms with E-state index in [1.807, 2.05) is 0 Å². The molecular formula is C14H8ClF3N2O4S. The van der Waals surface area contributed by atoms with E-state index in [1.54, 1.807) is 0 Å². The van der Waals surface area contributed by atoms with Crippen LogP contribution < -0.4 is 10.5 Å². The summed E-state index contributed by atoms with van der Waals surface area (Å²) in [5.74, 6) is -0.781. The van der Waals surface area contributed by atoms with Gasteiger partial charge in [0.2, 0.25) is 0 Å². The number of fused-ring (bicyclic) bond motifs is 1. The van der Waals surface area contributed by atoms with Crippen LogP contribution in [0.4, 0.5) is 18.9 Å². The third kappa shape index (κ3) is 3.49. The number of hydrogen-bond acceptors (Lipinski definition) is 4. The molecule has 0 aliphatic rings. The van der Waals surface area contributed by atoms with Crippen LogP contribution in [0.1, 0.15) is 5.56 Å². The van der Waals surface area contributed by atoms with Crippen LogP contribution in [0.15, 0.2) is 50.5 Å². The van der Waals surface area contributed by atoms with Crippen molar-refractivity contribution in [2.45, 2.75) is 11.1 Å². The topological polar surface area (TPSA) is 92.2 Å². The number of anilines is 1. The Hall–Kier alpha value is -2.46. The predicted molar refractivity (Wildman–Crippen MR) is 84.1 cm³/mol. The zero-order valence-electron chi connectivity index (χ0n) is 12.0. The van der Waals surface area contributed by atoms with Crippen molar-refractivity contribution in [3.63, 3.8) is 0 Å². The lowest BCUT2D eigenvalue weighted by Crippen LogP contribution is -2.14. The maximum atomic E-state index is 12.5. The van der Waals surface area contributed by atoms with E-state index >= 15 is 0 Å². The molecule has 0 bridgehead atoms. The Morgan fingerprint density at radius 1 is 1.12 bits per heavy atom. The Kier molecular flexibility index (Phi) is 4.04. The van der Waals surface area contributed by atoms with Crippen molar-refractivity contribution < 1.29 is 26.0 Å². The second kappa shape index (κ2) is 5.81. The smallest absolute Gasteiger partial charge is 0.408 e. The van der Waals surface area contributed by atoms with Crippen LogP contribution >= 0.6 is 11.6 Å². The molecule has 3 rings (SSSR count).